The van der Waals surface area contributed by atoms with Crippen molar-refractivity contribution >= 4 is 0 Å². The number of rotatable bonds is 4. The molecule has 3 heteroatoms. The molecule has 0 radical (unpaired) electrons. The van der Waals surface area contributed by atoms with Gasteiger partial charge in [-0.2, -0.15) is 0 Å². The summed E-state index contributed by atoms with van der Waals surface area (Å²) >= 11 is 0. The van der Waals surface area contributed by atoms with Gasteiger partial charge in [-0.25, -0.2) is 0 Å². The van der Waals surface area contributed by atoms with E-state index in [1.165, 1.54) is 25.7 Å². The maximum Gasteiger partial charge on any atom is 0.0730 e. The Labute approximate surface area is 98.8 Å². The zero-order chi connectivity index (χ0) is 11.4. The normalized spacial score (nSPS) is 33.4. The van der Waals surface area contributed by atoms with Gasteiger partial charge in [0.25, 0.3) is 0 Å². The van der Waals surface area contributed by atoms with Crippen LogP contribution in [0.15, 0.2) is 0 Å². The van der Waals surface area contributed by atoms with Gasteiger partial charge in [-0.3, -0.25) is 4.90 Å². The summed E-state index contributed by atoms with van der Waals surface area (Å²) in [4.78, 5) is 2.59. The molecule has 0 amide bonds. The Morgan fingerprint density at radius 1 is 1.38 bits per heavy atom. The van der Waals surface area contributed by atoms with Crippen molar-refractivity contribution in [3.63, 3.8) is 0 Å². The Bertz CT molecular complexity index is 206. The van der Waals surface area contributed by atoms with Crippen LogP contribution in [-0.2, 0) is 4.74 Å². The molecule has 1 aliphatic carbocycles. The van der Waals surface area contributed by atoms with Crippen molar-refractivity contribution < 1.29 is 9.84 Å². The summed E-state index contributed by atoms with van der Waals surface area (Å²) in [6, 6.07) is 0.663. The summed E-state index contributed by atoms with van der Waals surface area (Å²) in [6.45, 7) is 5.00. The third kappa shape index (κ3) is 3.19. The van der Waals surface area contributed by atoms with Gasteiger partial charge in [0.2, 0.25) is 0 Å². The van der Waals surface area contributed by atoms with Gasteiger partial charge in [0.1, 0.15) is 0 Å². The number of fused-ring (bicyclic) bond motifs is 1. The molecule has 1 saturated heterocycles. The zero-order valence-electron chi connectivity index (χ0n) is 10.4. The summed E-state index contributed by atoms with van der Waals surface area (Å²) < 4.78 is 5.85. The van der Waals surface area contributed by atoms with Gasteiger partial charge in [-0.15, -0.1) is 0 Å². The highest BCUT2D eigenvalue weighted by Gasteiger charge is 2.33. The van der Waals surface area contributed by atoms with E-state index in [9.17, 15) is 5.11 Å². The Hall–Kier alpha value is -0.120. The lowest BCUT2D eigenvalue weighted by atomic mass is 9.90. The Kier molecular flexibility index (Phi) is 4.62. The molecule has 0 spiro atoms. The molecule has 16 heavy (non-hydrogen) atoms. The average molecular weight is 227 g/mol. The standard InChI is InChI=1S/C13H25NO2/c1-11(15)5-4-8-14-9-10-16-13-7-3-2-6-12(13)14/h11-13,15H,2-10H2,1H3. The first kappa shape index (κ1) is 12.3. The first-order valence-electron chi connectivity index (χ1n) is 6.81. The van der Waals surface area contributed by atoms with Gasteiger partial charge < -0.3 is 9.84 Å². The third-order valence-electron chi connectivity index (χ3n) is 3.91. The zero-order valence-corrected chi connectivity index (χ0v) is 10.4. The highest BCUT2D eigenvalue weighted by Crippen LogP contribution is 2.28. The first-order chi connectivity index (χ1) is 7.77. The Morgan fingerprint density at radius 2 is 2.19 bits per heavy atom. The van der Waals surface area contributed by atoms with Crippen LogP contribution < -0.4 is 0 Å². The molecule has 1 aliphatic heterocycles. The van der Waals surface area contributed by atoms with Gasteiger partial charge in [-0.1, -0.05) is 12.8 Å². The third-order valence-corrected chi connectivity index (χ3v) is 3.91. The van der Waals surface area contributed by atoms with Crippen molar-refractivity contribution in [3.05, 3.63) is 0 Å². The van der Waals surface area contributed by atoms with Crippen molar-refractivity contribution in [2.24, 2.45) is 0 Å². The van der Waals surface area contributed by atoms with Crippen LogP contribution >= 0.6 is 0 Å². The summed E-state index contributed by atoms with van der Waals surface area (Å²) in [5.41, 5.74) is 0. The molecule has 3 nitrogen and oxygen atoms in total. The minimum atomic E-state index is -0.150. The molecule has 2 rings (SSSR count). The van der Waals surface area contributed by atoms with E-state index in [1.807, 2.05) is 6.92 Å². The molecule has 0 aromatic carbocycles. The minimum absolute atomic E-state index is 0.150. The van der Waals surface area contributed by atoms with E-state index in [1.54, 1.807) is 0 Å². The van der Waals surface area contributed by atoms with Crippen molar-refractivity contribution in [2.45, 2.75) is 63.7 Å². The fourth-order valence-corrected chi connectivity index (χ4v) is 3.04. The van der Waals surface area contributed by atoms with E-state index in [0.717, 1.165) is 32.5 Å². The molecular formula is C13H25NO2. The molecule has 1 heterocycles. The van der Waals surface area contributed by atoms with E-state index in [-0.39, 0.29) is 6.10 Å². The van der Waals surface area contributed by atoms with Crippen molar-refractivity contribution in [1.82, 2.24) is 4.90 Å². The van der Waals surface area contributed by atoms with E-state index in [0.29, 0.717) is 12.1 Å². The summed E-state index contributed by atoms with van der Waals surface area (Å²) in [5, 5.41) is 9.27. The Balaban J connectivity index is 1.78. The van der Waals surface area contributed by atoms with Crippen LogP contribution in [0.5, 0.6) is 0 Å². The van der Waals surface area contributed by atoms with Crippen LogP contribution in [0.25, 0.3) is 0 Å². The quantitative estimate of drug-likeness (QED) is 0.795. The average Bonchev–Trinajstić information content (AvgIpc) is 2.29. The first-order valence-corrected chi connectivity index (χ1v) is 6.81. The predicted octanol–water partition coefficient (Wildman–Crippen LogP) is 1.79. The van der Waals surface area contributed by atoms with Crippen LogP contribution in [0.3, 0.4) is 0 Å². The van der Waals surface area contributed by atoms with Crippen LogP contribution in [0.4, 0.5) is 0 Å². The molecule has 94 valence electrons. The highest BCUT2D eigenvalue weighted by atomic mass is 16.5. The lowest BCUT2D eigenvalue weighted by Crippen LogP contribution is -2.52. The molecule has 3 unspecified atom stereocenters. The maximum atomic E-state index is 9.27. The molecular weight excluding hydrogens is 202 g/mol. The van der Waals surface area contributed by atoms with Crippen LogP contribution in [-0.4, -0.2) is 48.0 Å². The second-order valence-electron chi connectivity index (χ2n) is 5.29. The van der Waals surface area contributed by atoms with E-state index in [4.69, 9.17) is 4.74 Å². The van der Waals surface area contributed by atoms with Crippen LogP contribution in [0.2, 0.25) is 0 Å². The smallest absolute Gasteiger partial charge is 0.0730 e. The Morgan fingerprint density at radius 3 is 3.00 bits per heavy atom. The number of nitrogens with zero attached hydrogens (tertiary/aromatic N) is 1. The lowest BCUT2D eigenvalue weighted by molar-refractivity contribution is -0.0886. The molecule has 1 N–H and O–H groups in total. The van der Waals surface area contributed by atoms with Gasteiger partial charge in [0.05, 0.1) is 18.8 Å². The van der Waals surface area contributed by atoms with Crippen LogP contribution in [0.1, 0.15) is 45.4 Å². The predicted molar refractivity (Wildman–Crippen MR) is 64.5 cm³/mol. The topological polar surface area (TPSA) is 32.7 Å². The summed E-state index contributed by atoms with van der Waals surface area (Å²) in [5.74, 6) is 0. The fourth-order valence-electron chi connectivity index (χ4n) is 3.04. The number of ether oxygens (including phenoxy) is 1. The molecule has 3 atom stereocenters. The molecule has 0 aromatic rings. The van der Waals surface area contributed by atoms with Crippen LogP contribution in [0, 0.1) is 0 Å². The van der Waals surface area contributed by atoms with Gasteiger partial charge >= 0.3 is 0 Å². The highest BCUT2D eigenvalue weighted by molar-refractivity contribution is 4.87. The number of aliphatic hydroxyl groups excluding tert-OH is 1. The van der Waals surface area contributed by atoms with Gasteiger partial charge in [0.15, 0.2) is 0 Å². The largest absolute Gasteiger partial charge is 0.393 e. The molecule has 0 aromatic heterocycles. The van der Waals surface area contributed by atoms with E-state index in [2.05, 4.69) is 4.90 Å². The molecule has 2 aliphatic rings. The maximum absolute atomic E-state index is 9.27. The number of hydrogen-bond donors (Lipinski definition) is 1. The second-order valence-corrected chi connectivity index (χ2v) is 5.29. The summed E-state index contributed by atoms with van der Waals surface area (Å²) in [7, 11) is 0. The summed E-state index contributed by atoms with van der Waals surface area (Å²) in [6.07, 6.45) is 7.63. The van der Waals surface area contributed by atoms with Gasteiger partial charge in [0, 0.05) is 12.6 Å². The van der Waals surface area contributed by atoms with Gasteiger partial charge in [-0.05, 0) is 39.2 Å². The molecule has 0 bridgehead atoms. The van der Waals surface area contributed by atoms with E-state index < -0.39 is 0 Å². The van der Waals surface area contributed by atoms with Crippen molar-refractivity contribution in [2.75, 3.05) is 19.7 Å². The second kappa shape index (κ2) is 5.99. The van der Waals surface area contributed by atoms with Crippen molar-refractivity contribution in [3.8, 4) is 0 Å². The lowest BCUT2D eigenvalue weighted by Gasteiger charge is -2.44. The number of hydrogen-bond acceptors (Lipinski definition) is 3. The molecule has 1 saturated carbocycles. The van der Waals surface area contributed by atoms with Crippen molar-refractivity contribution in [1.29, 1.82) is 0 Å². The van der Waals surface area contributed by atoms with E-state index >= 15 is 0 Å². The number of morpholine rings is 1. The monoisotopic (exact) mass is 227 g/mol. The molecule has 2 fully saturated rings. The SMILES string of the molecule is CC(O)CCCN1CCOC2CCCCC21. The number of aliphatic hydroxyl groups is 1. The fraction of sp³-hybridized carbons (Fsp3) is 1.00. The minimum Gasteiger partial charge on any atom is -0.393 e.